The normalized spacial score (nSPS) is 11.7. The largest absolute Gasteiger partial charge is 0.480 e. The van der Waals surface area contributed by atoms with Crippen molar-refractivity contribution in [3.05, 3.63) is 26.8 Å². The van der Waals surface area contributed by atoms with Crippen LogP contribution >= 0.6 is 34.2 Å². The van der Waals surface area contributed by atoms with Gasteiger partial charge in [-0.2, -0.15) is 0 Å². The van der Waals surface area contributed by atoms with Crippen molar-refractivity contribution in [1.29, 1.82) is 0 Å². The summed E-state index contributed by atoms with van der Waals surface area (Å²) < 4.78 is 0.865. The van der Waals surface area contributed by atoms with Crippen LogP contribution < -0.4 is 10.6 Å². The second-order valence-corrected chi connectivity index (χ2v) is 4.95. The average Bonchev–Trinajstić information content (AvgIpc) is 2.30. The molecule has 0 heterocycles. The van der Waals surface area contributed by atoms with Gasteiger partial charge in [-0.3, -0.25) is 0 Å². The predicted octanol–water partition coefficient (Wildman–Crippen LogP) is 1.51. The minimum atomic E-state index is -1.36. The van der Waals surface area contributed by atoms with E-state index in [0.29, 0.717) is 10.7 Å². The Labute approximate surface area is 121 Å². The van der Waals surface area contributed by atoms with Gasteiger partial charge in [-0.05, 0) is 40.8 Å². The molecular weight excluding hydrogens is 374 g/mol. The highest BCUT2D eigenvalue weighted by Crippen LogP contribution is 2.23. The molecule has 8 heteroatoms. The number of aliphatic hydroxyl groups excluding tert-OH is 1. The van der Waals surface area contributed by atoms with Crippen LogP contribution in [0.25, 0.3) is 0 Å². The third kappa shape index (κ3) is 4.31. The van der Waals surface area contributed by atoms with Crippen molar-refractivity contribution >= 4 is 51.9 Å². The van der Waals surface area contributed by atoms with Gasteiger partial charge in [0, 0.05) is 3.57 Å². The van der Waals surface area contributed by atoms with E-state index in [4.69, 9.17) is 21.8 Å². The average molecular weight is 385 g/mol. The monoisotopic (exact) mass is 384 g/mol. The number of hydrogen-bond donors (Lipinski definition) is 4. The number of amides is 2. The van der Waals surface area contributed by atoms with E-state index in [0.717, 1.165) is 3.57 Å². The zero-order valence-electron chi connectivity index (χ0n) is 8.98. The topological polar surface area (TPSA) is 98.7 Å². The summed E-state index contributed by atoms with van der Waals surface area (Å²) in [5.74, 6) is -1.32. The highest BCUT2D eigenvalue weighted by molar-refractivity contribution is 14.1. The zero-order valence-corrected chi connectivity index (χ0v) is 11.9. The Bertz CT molecular complexity index is 469. The fourth-order valence-electron chi connectivity index (χ4n) is 1.10. The molecule has 0 aliphatic rings. The first-order chi connectivity index (χ1) is 8.43. The van der Waals surface area contributed by atoms with Crippen molar-refractivity contribution in [3.63, 3.8) is 0 Å². The standard InChI is InChI=1S/C10H10ClIN2O4/c11-6-2-1-5(12)3-7(6)13-10(18)14-8(4-15)9(16)17/h1-3,8,15H,4H2,(H,16,17)(H2,13,14,18)/t8-/m0/s1. The van der Waals surface area contributed by atoms with Gasteiger partial charge < -0.3 is 20.8 Å². The molecule has 4 N–H and O–H groups in total. The van der Waals surface area contributed by atoms with E-state index in [1.54, 1.807) is 18.2 Å². The summed E-state index contributed by atoms with van der Waals surface area (Å²) in [5.41, 5.74) is 0.364. The molecule has 6 nitrogen and oxygen atoms in total. The molecule has 0 bridgehead atoms. The number of carbonyl (C=O) groups is 2. The maximum atomic E-state index is 11.5. The van der Waals surface area contributed by atoms with E-state index in [-0.39, 0.29) is 0 Å². The molecule has 1 rings (SSSR count). The van der Waals surface area contributed by atoms with Crippen LogP contribution in [0.5, 0.6) is 0 Å². The lowest BCUT2D eigenvalue weighted by atomic mass is 10.3. The summed E-state index contributed by atoms with van der Waals surface area (Å²) in [6.45, 7) is -0.692. The molecule has 0 spiro atoms. The Morgan fingerprint density at radius 2 is 2.11 bits per heavy atom. The molecule has 0 saturated carbocycles. The van der Waals surface area contributed by atoms with Gasteiger partial charge in [0.1, 0.15) is 0 Å². The molecule has 0 aliphatic heterocycles. The SMILES string of the molecule is O=C(Nc1cc(I)ccc1Cl)N[C@@H](CO)C(=O)O. The van der Waals surface area contributed by atoms with Gasteiger partial charge in [-0.1, -0.05) is 11.6 Å². The van der Waals surface area contributed by atoms with Crippen LogP contribution in [0, 0.1) is 3.57 Å². The summed E-state index contributed by atoms with van der Waals surface area (Å²) in [6, 6.07) is 2.91. The van der Waals surface area contributed by atoms with Gasteiger partial charge in [-0.15, -0.1) is 0 Å². The van der Waals surface area contributed by atoms with E-state index in [1.807, 2.05) is 22.6 Å². The Hall–Kier alpha value is -1.06. The van der Waals surface area contributed by atoms with Crippen molar-refractivity contribution in [1.82, 2.24) is 5.32 Å². The number of halogens is 2. The number of nitrogens with one attached hydrogen (secondary N) is 2. The number of anilines is 1. The van der Waals surface area contributed by atoms with E-state index in [9.17, 15) is 9.59 Å². The number of carboxylic acid groups (broad SMARTS) is 1. The summed E-state index contributed by atoms with van der Waals surface area (Å²) in [7, 11) is 0. The molecule has 1 atom stereocenters. The van der Waals surface area contributed by atoms with Gasteiger partial charge in [0.25, 0.3) is 0 Å². The summed E-state index contributed by atoms with van der Waals surface area (Å²) >= 11 is 7.91. The van der Waals surface area contributed by atoms with Crippen molar-refractivity contribution < 1.29 is 19.8 Å². The van der Waals surface area contributed by atoms with E-state index in [1.165, 1.54) is 0 Å². The Balaban J connectivity index is 2.70. The van der Waals surface area contributed by atoms with Gasteiger partial charge in [0.2, 0.25) is 0 Å². The molecule has 0 radical (unpaired) electrons. The van der Waals surface area contributed by atoms with Gasteiger partial charge in [-0.25, -0.2) is 9.59 Å². The second kappa shape index (κ2) is 6.76. The van der Waals surface area contributed by atoms with Crippen molar-refractivity contribution in [2.75, 3.05) is 11.9 Å². The van der Waals surface area contributed by atoms with Gasteiger partial charge in [0.05, 0.1) is 17.3 Å². The predicted molar refractivity (Wildman–Crippen MR) is 74.8 cm³/mol. The maximum absolute atomic E-state index is 11.5. The van der Waals surface area contributed by atoms with Crippen molar-refractivity contribution in [2.24, 2.45) is 0 Å². The van der Waals surface area contributed by atoms with E-state index < -0.39 is 24.6 Å². The van der Waals surface area contributed by atoms with E-state index in [2.05, 4.69) is 10.6 Å². The Morgan fingerprint density at radius 1 is 1.44 bits per heavy atom. The quantitative estimate of drug-likeness (QED) is 0.592. The Kier molecular flexibility index (Phi) is 5.63. The van der Waals surface area contributed by atoms with Crippen LogP contribution in [-0.4, -0.2) is 34.9 Å². The number of hydrogen-bond acceptors (Lipinski definition) is 3. The molecule has 1 aromatic rings. The number of urea groups is 1. The molecule has 0 saturated heterocycles. The van der Waals surface area contributed by atoms with Gasteiger partial charge >= 0.3 is 12.0 Å². The lowest BCUT2D eigenvalue weighted by Crippen LogP contribution is -2.45. The molecule has 0 fully saturated rings. The molecule has 0 aromatic heterocycles. The minimum absolute atomic E-state index is 0.335. The molecule has 1 aromatic carbocycles. The highest BCUT2D eigenvalue weighted by Gasteiger charge is 2.18. The smallest absolute Gasteiger partial charge is 0.328 e. The van der Waals surface area contributed by atoms with Crippen LogP contribution in [0.15, 0.2) is 18.2 Å². The lowest BCUT2D eigenvalue weighted by Gasteiger charge is -2.13. The summed E-state index contributed by atoms with van der Waals surface area (Å²) in [6.07, 6.45) is 0. The third-order valence-corrected chi connectivity index (χ3v) is 2.96. The number of carboxylic acids is 1. The molecule has 2 amide bonds. The number of rotatable bonds is 4. The van der Waals surface area contributed by atoms with Crippen LogP contribution in [0.4, 0.5) is 10.5 Å². The Morgan fingerprint density at radius 3 is 2.67 bits per heavy atom. The fourth-order valence-corrected chi connectivity index (χ4v) is 1.75. The second-order valence-electron chi connectivity index (χ2n) is 3.30. The van der Waals surface area contributed by atoms with Crippen molar-refractivity contribution in [2.45, 2.75) is 6.04 Å². The van der Waals surface area contributed by atoms with Gasteiger partial charge in [0.15, 0.2) is 6.04 Å². The summed E-state index contributed by atoms with van der Waals surface area (Å²) in [4.78, 5) is 22.1. The molecular formula is C10H10ClIN2O4. The number of aliphatic hydroxyl groups is 1. The van der Waals surface area contributed by atoms with Crippen LogP contribution in [-0.2, 0) is 4.79 Å². The number of aliphatic carboxylic acids is 1. The molecule has 0 unspecified atom stereocenters. The van der Waals surface area contributed by atoms with Crippen molar-refractivity contribution in [3.8, 4) is 0 Å². The first-order valence-corrected chi connectivity index (χ1v) is 6.26. The van der Waals surface area contributed by atoms with Crippen LogP contribution in [0.2, 0.25) is 5.02 Å². The first-order valence-electron chi connectivity index (χ1n) is 4.80. The minimum Gasteiger partial charge on any atom is -0.480 e. The molecule has 98 valence electrons. The maximum Gasteiger partial charge on any atom is 0.328 e. The van der Waals surface area contributed by atoms with E-state index >= 15 is 0 Å². The summed E-state index contributed by atoms with van der Waals surface area (Å²) in [5, 5.41) is 22.3. The number of carbonyl (C=O) groups excluding carboxylic acids is 1. The lowest BCUT2D eigenvalue weighted by molar-refractivity contribution is -0.140. The highest BCUT2D eigenvalue weighted by atomic mass is 127. The molecule has 18 heavy (non-hydrogen) atoms. The van der Waals surface area contributed by atoms with Crippen LogP contribution in [0.3, 0.4) is 0 Å². The number of benzene rings is 1. The third-order valence-electron chi connectivity index (χ3n) is 1.96. The first kappa shape index (κ1) is 15.0. The van der Waals surface area contributed by atoms with Crippen LogP contribution in [0.1, 0.15) is 0 Å². The fraction of sp³-hybridized carbons (Fsp3) is 0.200. The zero-order chi connectivity index (χ0) is 13.7. The molecule has 0 aliphatic carbocycles.